The normalized spacial score (nSPS) is 13.6. The van der Waals surface area contributed by atoms with E-state index in [9.17, 15) is 0 Å². The molecule has 0 atom stereocenters. The third kappa shape index (κ3) is 1.90. The number of aryl methyl sites for hydroxylation is 2. The minimum Gasteiger partial charge on any atom is -0.399 e. The van der Waals surface area contributed by atoms with E-state index in [0.717, 1.165) is 12.1 Å². The van der Waals surface area contributed by atoms with Crippen LogP contribution in [0.15, 0.2) is 36.4 Å². The number of anilines is 1. The number of rotatable bonds is 2. The highest BCUT2D eigenvalue weighted by molar-refractivity contribution is 5.70. The third-order valence-electron chi connectivity index (χ3n) is 3.91. The minimum atomic E-state index is 0.839. The average Bonchev–Trinajstić information content (AvgIpc) is 2.85. The molecule has 0 amide bonds. The Morgan fingerprint density at radius 2 is 1.94 bits per heavy atom. The van der Waals surface area contributed by atoms with Crippen molar-refractivity contribution in [2.24, 2.45) is 0 Å². The molecule has 0 fully saturated rings. The van der Waals surface area contributed by atoms with Crippen LogP contribution in [0.25, 0.3) is 11.1 Å². The van der Waals surface area contributed by atoms with Gasteiger partial charge in [0.2, 0.25) is 0 Å². The molecule has 0 spiro atoms. The fourth-order valence-electron chi connectivity index (χ4n) is 3.00. The highest BCUT2D eigenvalue weighted by atomic mass is 14.5. The molecular weight excluding hydrogens is 218 g/mol. The van der Waals surface area contributed by atoms with Gasteiger partial charge in [0, 0.05) is 5.69 Å². The maximum Gasteiger partial charge on any atom is 0.0320 e. The largest absolute Gasteiger partial charge is 0.399 e. The summed E-state index contributed by atoms with van der Waals surface area (Å²) in [5.74, 6) is 0. The van der Waals surface area contributed by atoms with Crippen LogP contribution in [-0.2, 0) is 19.3 Å². The summed E-state index contributed by atoms with van der Waals surface area (Å²) in [7, 11) is 0. The summed E-state index contributed by atoms with van der Waals surface area (Å²) in [6, 6.07) is 12.9. The van der Waals surface area contributed by atoms with Gasteiger partial charge in [-0.25, -0.2) is 0 Å². The van der Waals surface area contributed by atoms with Gasteiger partial charge < -0.3 is 5.73 Å². The Bertz CT molecular complexity index is 584. The van der Waals surface area contributed by atoms with Crippen molar-refractivity contribution in [3.8, 4) is 11.1 Å². The Morgan fingerprint density at radius 3 is 2.72 bits per heavy atom. The van der Waals surface area contributed by atoms with Crippen molar-refractivity contribution in [2.75, 3.05) is 5.73 Å². The Hall–Kier alpha value is -1.76. The molecule has 0 aliphatic heterocycles. The molecule has 2 aromatic rings. The van der Waals surface area contributed by atoms with Crippen LogP contribution in [-0.4, -0.2) is 0 Å². The molecule has 0 unspecified atom stereocenters. The van der Waals surface area contributed by atoms with Gasteiger partial charge in [-0.3, -0.25) is 0 Å². The van der Waals surface area contributed by atoms with Gasteiger partial charge in [0.05, 0.1) is 0 Å². The molecule has 0 saturated heterocycles. The van der Waals surface area contributed by atoms with Crippen LogP contribution in [0.2, 0.25) is 0 Å². The predicted molar refractivity (Wildman–Crippen MR) is 77.7 cm³/mol. The lowest BCUT2D eigenvalue weighted by atomic mass is 9.94. The van der Waals surface area contributed by atoms with E-state index in [1.807, 2.05) is 12.1 Å². The average molecular weight is 237 g/mol. The smallest absolute Gasteiger partial charge is 0.0320 e. The molecule has 1 aliphatic carbocycles. The standard InChI is InChI=1S/C17H19N/c1-2-12-9-15(10-14-6-4-8-17(12)14)13-5-3-7-16(18)11-13/h3,5,7,9-11H,2,4,6,8,18H2,1H3. The predicted octanol–water partition coefficient (Wildman–Crippen LogP) is 3.99. The van der Waals surface area contributed by atoms with Gasteiger partial charge in [0.15, 0.2) is 0 Å². The molecule has 0 heterocycles. The van der Waals surface area contributed by atoms with Gasteiger partial charge in [-0.15, -0.1) is 0 Å². The summed E-state index contributed by atoms with van der Waals surface area (Å²) in [6.07, 6.45) is 4.93. The second-order valence-corrected chi connectivity index (χ2v) is 5.11. The van der Waals surface area contributed by atoms with Crippen LogP contribution in [0.4, 0.5) is 5.69 Å². The monoisotopic (exact) mass is 237 g/mol. The summed E-state index contributed by atoms with van der Waals surface area (Å²) < 4.78 is 0. The van der Waals surface area contributed by atoms with E-state index < -0.39 is 0 Å². The Morgan fingerprint density at radius 1 is 1.06 bits per heavy atom. The molecule has 1 aliphatic rings. The second-order valence-electron chi connectivity index (χ2n) is 5.11. The first-order valence-electron chi connectivity index (χ1n) is 6.78. The molecule has 0 bridgehead atoms. The van der Waals surface area contributed by atoms with Crippen LogP contribution < -0.4 is 5.73 Å². The lowest BCUT2D eigenvalue weighted by molar-refractivity contribution is 0.905. The number of hydrogen-bond donors (Lipinski definition) is 1. The van der Waals surface area contributed by atoms with E-state index in [1.165, 1.54) is 36.0 Å². The van der Waals surface area contributed by atoms with E-state index >= 15 is 0 Å². The van der Waals surface area contributed by atoms with Crippen molar-refractivity contribution in [1.82, 2.24) is 0 Å². The van der Waals surface area contributed by atoms with E-state index in [0.29, 0.717) is 0 Å². The fourth-order valence-corrected chi connectivity index (χ4v) is 3.00. The molecule has 2 N–H and O–H groups in total. The lowest BCUT2D eigenvalue weighted by Crippen LogP contribution is -1.94. The van der Waals surface area contributed by atoms with Crippen LogP contribution in [0.3, 0.4) is 0 Å². The molecule has 0 radical (unpaired) electrons. The van der Waals surface area contributed by atoms with E-state index in [4.69, 9.17) is 5.73 Å². The van der Waals surface area contributed by atoms with Gasteiger partial charge >= 0.3 is 0 Å². The summed E-state index contributed by atoms with van der Waals surface area (Å²) in [5.41, 5.74) is 13.9. The van der Waals surface area contributed by atoms with E-state index in [2.05, 4.69) is 31.2 Å². The van der Waals surface area contributed by atoms with Crippen molar-refractivity contribution in [2.45, 2.75) is 32.6 Å². The van der Waals surface area contributed by atoms with Gasteiger partial charge in [0.25, 0.3) is 0 Å². The van der Waals surface area contributed by atoms with Crippen LogP contribution >= 0.6 is 0 Å². The molecule has 1 heteroatoms. The van der Waals surface area contributed by atoms with Crippen molar-refractivity contribution in [3.05, 3.63) is 53.1 Å². The molecule has 18 heavy (non-hydrogen) atoms. The van der Waals surface area contributed by atoms with Crippen LogP contribution in [0, 0.1) is 0 Å². The highest BCUT2D eigenvalue weighted by Crippen LogP contribution is 2.32. The Balaban J connectivity index is 2.13. The number of hydrogen-bond acceptors (Lipinski definition) is 1. The number of fused-ring (bicyclic) bond motifs is 1. The van der Waals surface area contributed by atoms with Crippen LogP contribution in [0.1, 0.15) is 30.0 Å². The number of nitrogens with two attached hydrogens (primary N) is 1. The van der Waals surface area contributed by atoms with Crippen molar-refractivity contribution in [1.29, 1.82) is 0 Å². The summed E-state index contributed by atoms with van der Waals surface area (Å²) in [5, 5.41) is 0. The maximum absolute atomic E-state index is 5.88. The molecule has 1 nitrogen and oxygen atoms in total. The van der Waals surface area contributed by atoms with Crippen LogP contribution in [0.5, 0.6) is 0 Å². The van der Waals surface area contributed by atoms with Crippen molar-refractivity contribution < 1.29 is 0 Å². The zero-order valence-electron chi connectivity index (χ0n) is 10.9. The molecular formula is C17H19N. The zero-order valence-corrected chi connectivity index (χ0v) is 10.9. The molecule has 0 aromatic heterocycles. The molecule has 0 saturated carbocycles. The second kappa shape index (κ2) is 4.49. The molecule has 92 valence electrons. The summed E-state index contributed by atoms with van der Waals surface area (Å²) >= 11 is 0. The lowest BCUT2D eigenvalue weighted by Gasteiger charge is -2.11. The quantitative estimate of drug-likeness (QED) is 0.785. The van der Waals surface area contributed by atoms with Gasteiger partial charge in [0.1, 0.15) is 0 Å². The van der Waals surface area contributed by atoms with Gasteiger partial charge in [-0.2, -0.15) is 0 Å². The Kier molecular flexibility index (Phi) is 2.83. The first kappa shape index (κ1) is 11.3. The van der Waals surface area contributed by atoms with E-state index in [-0.39, 0.29) is 0 Å². The number of benzene rings is 2. The third-order valence-corrected chi connectivity index (χ3v) is 3.91. The number of nitrogen functional groups attached to an aromatic ring is 1. The van der Waals surface area contributed by atoms with E-state index in [1.54, 1.807) is 11.1 Å². The van der Waals surface area contributed by atoms with Gasteiger partial charge in [-0.05, 0) is 65.6 Å². The fraction of sp³-hybridized carbons (Fsp3) is 0.294. The molecule has 3 rings (SSSR count). The first-order chi connectivity index (χ1) is 8.78. The van der Waals surface area contributed by atoms with Gasteiger partial charge in [-0.1, -0.05) is 31.2 Å². The topological polar surface area (TPSA) is 26.0 Å². The maximum atomic E-state index is 5.88. The van der Waals surface area contributed by atoms with Crippen molar-refractivity contribution >= 4 is 5.69 Å². The Labute approximate surface area is 109 Å². The van der Waals surface area contributed by atoms with Crippen molar-refractivity contribution in [3.63, 3.8) is 0 Å². The first-order valence-corrected chi connectivity index (χ1v) is 6.78. The SMILES string of the molecule is CCc1cc(-c2cccc(N)c2)cc2c1CCC2. The summed E-state index contributed by atoms with van der Waals surface area (Å²) in [6.45, 7) is 2.25. The summed E-state index contributed by atoms with van der Waals surface area (Å²) in [4.78, 5) is 0. The molecule has 2 aromatic carbocycles. The highest BCUT2D eigenvalue weighted by Gasteiger charge is 2.15. The zero-order chi connectivity index (χ0) is 12.5. The minimum absolute atomic E-state index is 0.839.